The van der Waals surface area contributed by atoms with Gasteiger partial charge in [-0.1, -0.05) is 43.0 Å². The zero-order valence-electron chi connectivity index (χ0n) is 11.9. The van der Waals surface area contributed by atoms with Crippen molar-refractivity contribution in [2.75, 3.05) is 0 Å². The van der Waals surface area contributed by atoms with E-state index in [2.05, 4.69) is 11.6 Å². The number of aromatic nitrogens is 1. The fourth-order valence-corrected chi connectivity index (χ4v) is 2.43. The number of hydrogen-bond acceptors (Lipinski definition) is 2. The van der Waals surface area contributed by atoms with Gasteiger partial charge in [-0.15, -0.1) is 0 Å². The van der Waals surface area contributed by atoms with E-state index in [1.165, 1.54) is 24.3 Å². The van der Waals surface area contributed by atoms with Crippen LogP contribution in [-0.2, 0) is 6.18 Å². The average Bonchev–Trinajstić information content (AvgIpc) is 2.53. The van der Waals surface area contributed by atoms with E-state index in [4.69, 9.17) is 0 Å². The van der Waals surface area contributed by atoms with E-state index < -0.39 is 11.7 Å². The highest BCUT2D eigenvalue weighted by molar-refractivity contribution is 5.88. The Labute approximate surface area is 130 Å². The number of para-hydroxylation sites is 1. The molecule has 5 heteroatoms. The Kier molecular flexibility index (Phi) is 3.56. The number of halogens is 3. The molecule has 0 atom stereocenters. The summed E-state index contributed by atoms with van der Waals surface area (Å²) in [5.74, 6) is -0.0266. The third-order valence-corrected chi connectivity index (χ3v) is 3.57. The number of phenols is 1. The van der Waals surface area contributed by atoms with Gasteiger partial charge in [-0.05, 0) is 23.8 Å². The highest BCUT2D eigenvalue weighted by Gasteiger charge is 2.33. The number of pyridine rings is 1. The van der Waals surface area contributed by atoms with E-state index in [9.17, 15) is 18.3 Å². The van der Waals surface area contributed by atoms with Crippen LogP contribution in [0, 0.1) is 0 Å². The molecule has 0 bridgehead atoms. The van der Waals surface area contributed by atoms with Crippen LogP contribution < -0.4 is 0 Å². The number of nitrogens with zero attached hydrogens (tertiary/aromatic N) is 1. The Bertz CT molecular complexity index is 900. The molecule has 0 fully saturated rings. The van der Waals surface area contributed by atoms with E-state index in [0.717, 1.165) is 6.07 Å². The summed E-state index contributed by atoms with van der Waals surface area (Å²) in [6, 6.07) is 13.4. The SMILES string of the molecule is C=C(c1ccc2cccc(O)c2n1)c1ccccc1C(F)(F)F. The Balaban J connectivity index is 2.13. The molecule has 0 amide bonds. The molecule has 23 heavy (non-hydrogen) atoms. The molecule has 1 N–H and O–H groups in total. The zero-order chi connectivity index (χ0) is 16.6. The number of alkyl halides is 3. The Morgan fingerprint density at radius 1 is 0.957 bits per heavy atom. The average molecular weight is 315 g/mol. The lowest BCUT2D eigenvalue weighted by Crippen LogP contribution is -2.09. The molecule has 0 saturated carbocycles. The van der Waals surface area contributed by atoms with Gasteiger partial charge in [0.2, 0.25) is 0 Å². The van der Waals surface area contributed by atoms with Gasteiger partial charge < -0.3 is 5.11 Å². The number of benzene rings is 2. The number of phenolic OH excluding ortho intramolecular Hbond substituents is 1. The lowest BCUT2D eigenvalue weighted by atomic mass is 9.97. The highest BCUT2D eigenvalue weighted by atomic mass is 19.4. The van der Waals surface area contributed by atoms with Crippen LogP contribution in [0.2, 0.25) is 0 Å². The van der Waals surface area contributed by atoms with Crippen LogP contribution in [0.3, 0.4) is 0 Å². The summed E-state index contributed by atoms with van der Waals surface area (Å²) in [6.07, 6.45) is -4.47. The monoisotopic (exact) mass is 315 g/mol. The molecule has 1 aromatic heterocycles. The van der Waals surface area contributed by atoms with E-state index in [0.29, 0.717) is 10.9 Å². The summed E-state index contributed by atoms with van der Waals surface area (Å²) in [7, 11) is 0. The van der Waals surface area contributed by atoms with Crippen LogP contribution in [0.1, 0.15) is 16.8 Å². The summed E-state index contributed by atoms with van der Waals surface area (Å²) in [6.45, 7) is 3.76. The van der Waals surface area contributed by atoms with Gasteiger partial charge in [-0.2, -0.15) is 13.2 Å². The Morgan fingerprint density at radius 3 is 2.43 bits per heavy atom. The van der Waals surface area contributed by atoms with Gasteiger partial charge >= 0.3 is 6.18 Å². The Hall–Kier alpha value is -2.82. The molecule has 0 saturated heterocycles. The summed E-state index contributed by atoms with van der Waals surface area (Å²) in [5, 5.41) is 10.6. The largest absolute Gasteiger partial charge is 0.506 e. The molecule has 1 heterocycles. The van der Waals surface area contributed by atoms with Crippen molar-refractivity contribution in [3.8, 4) is 5.75 Å². The maximum absolute atomic E-state index is 13.1. The third kappa shape index (κ3) is 2.77. The second kappa shape index (κ2) is 5.43. The van der Waals surface area contributed by atoms with Crippen molar-refractivity contribution >= 4 is 16.5 Å². The quantitative estimate of drug-likeness (QED) is 0.720. The van der Waals surface area contributed by atoms with E-state index in [1.54, 1.807) is 24.3 Å². The van der Waals surface area contributed by atoms with Crippen LogP contribution in [0.5, 0.6) is 5.75 Å². The summed E-state index contributed by atoms with van der Waals surface area (Å²) >= 11 is 0. The maximum atomic E-state index is 13.1. The van der Waals surface area contributed by atoms with Crippen molar-refractivity contribution in [2.24, 2.45) is 0 Å². The van der Waals surface area contributed by atoms with Crippen LogP contribution in [0.15, 0.2) is 61.2 Å². The van der Waals surface area contributed by atoms with Gasteiger partial charge in [0.15, 0.2) is 0 Å². The minimum absolute atomic E-state index is 0.0257. The smallest absolute Gasteiger partial charge is 0.417 e. The lowest BCUT2D eigenvalue weighted by Gasteiger charge is -2.14. The van der Waals surface area contributed by atoms with Crippen molar-refractivity contribution in [1.29, 1.82) is 0 Å². The van der Waals surface area contributed by atoms with Gasteiger partial charge in [-0.3, -0.25) is 0 Å². The van der Waals surface area contributed by atoms with Gasteiger partial charge in [0.25, 0.3) is 0 Å². The fraction of sp³-hybridized carbons (Fsp3) is 0.0556. The first-order valence-corrected chi connectivity index (χ1v) is 6.82. The molecule has 3 aromatic rings. The molecular weight excluding hydrogens is 303 g/mol. The van der Waals surface area contributed by atoms with Crippen LogP contribution in [0.4, 0.5) is 13.2 Å². The molecule has 0 aliphatic heterocycles. The molecule has 0 aliphatic rings. The molecular formula is C18H12F3NO. The molecule has 2 aromatic carbocycles. The minimum Gasteiger partial charge on any atom is -0.506 e. The topological polar surface area (TPSA) is 33.1 Å². The molecule has 0 unspecified atom stereocenters. The standard InChI is InChI=1S/C18H12F3NO/c1-11(13-6-2-3-7-14(13)18(19,20)21)15-10-9-12-5-4-8-16(23)17(12)22-15/h2-10,23H,1H2. The second-order valence-corrected chi connectivity index (χ2v) is 5.07. The summed E-state index contributed by atoms with van der Waals surface area (Å²) in [4.78, 5) is 4.26. The number of hydrogen-bond donors (Lipinski definition) is 1. The lowest BCUT2D eigenvalue weighted by molar-refractivity contribution is -0.137. The van der Waals surface area contributed by atoms with E-state index >= 15 is 0 Å². The van der Waals surface area contributed by atoms with Gasteiger partial charge in [0.05, 0.1) is 11.3 Å². The van der Waals surface area contributed by atoms with Crippen molar-refractivity contribution in [3.63, 3.8) is 0 Å². The zero-order valence-corrected chi connectivity index (χ0v) is 11.9. The predicted octanol–water partition coefficient (Wildman–Crippen LogP) is 5.02. The number of rotatable bonds is 2. The molecule has 0 spiro atoms. The molecule has 3 rings (SSSR count). The third-order valence-electron chi connectivity index (χ3n) is 3.57. The van der Waals surface area contributed by atoms with E-state index in [1.807, 2.05) is 0 Å². The van der Waals surface area contributed by atoms with Crippen molar-refractivity contribution in [3.05, 3.63) is 78.0 Å². The van der Waals surface area contributed by atoms with Crippen molar-refractivity contribution in [1.82, 2.24) is 4.98 Å². The predicted molar refractivity (Wildman–Crippen MR) is 83.0 cm³/mol. The second-order valence-electron chi connectivity index (χ2n) is 5.07. The van der Waals surface area contributed by atoms with Gasteiger partial charge in [0, 0.05) is 11.0 Å². The number of aromatic hydroxyl groups is 1. The first-order valence-electron chi connectivity index (χ1n) is 6.82. The van der Waals surface area contributed by atoms with Crippen molar-refractivity contribution < 1.29 is 18.3 Å². The molecule has 0 radical (unpaired) electrons. The summed E-state index contributed by atoms with van der Waals surface area (Å²) < 4.78 is 39.4. The van der Waals surface area contributed by atoms with Crippen LogP contribution in [-0.4, -0.2) is 10.1 Å². The Morgan fingerprint density at radius 2 is 1.70 bits per heavy atom. The number of fused-ring (bicyclic) bond motifs is 1. The van der Waals surface area contributed by atoms with E-state index in [-0.39, 0.29) is 22.6 Å². The highest BCUT2D eigenvalue weighted by Crippen LogP contribution is 2.36. The normalized spacial score (nSPS) is 11.6. The first-order chi connectivity index (χ1) is 10.9. The minimum atomic E-state index is -4.47. The van der Waals surface area contributed by atoms with Gasteiger partial charge in [-0.25, -0.2) is 4.98 Å². The fourth-order valence-electron chi connectivity index (χ4n) is 2.43. The van der Waals surface area contributed by atoms with Crippen LogP contribution in [0.25, 0.3) is 16.5 Å². The first kappa shape index (κ1) is 15.1. The molecule has 0 aliphatic carbocycles. The maximum Gasteiger partial charge on any atom is 0.417 e. The molecule has 2 nitrogen and oxygen atoms in total. The van der Waals surface area contributed by atoms with Crippen LogP contribution >= 0.6 is 0 Å². The van der Waals surface area contributed by atoms with Crippen molar-refractivity contribution in [2.45, 2.75) is 6.18 Å². The summed E-state index contributed by atoms with van der Waals surface area (Å²) in [5.41, 5.74) is -0.0131. The molecule has 116 valence electrons. The van der Waals surface area contributed by atoms with Gasteiger partial charge in [0.1, 0.15) is 11.3 Å².